The van der Waals surface area contributed by atoms with E-state index >= 15 is 0 Å². The molecule has 0 spiro atoms. The minimum atomic E-state index is -0.220. The Bertz CT molecular complexity index is 298. The third-order valence-corrected chi connectivity index (χ3v) is 2.05. The number of nitrogens with one attached hydrogen (secondary N) is 1. The minimum Gasteiger partial charge on any atom is -0.383 e. The first-order valence-electron chi connectivity index (χ1n) is 5.30. The molecule has 1 N–H and O–H groups in total. The molecule has 1 rings (SSSR count). The molecule has 0 fully saturated rings. The molecular weight excluding hydrogens is 209 g/mol. The zero-order chi connectivity index (χ0) is 11.8. The number of methoxy groups -OCH3 is 1. The van der Waals surface area contributed by atoms with Crippen molar-refractivity contribution in [1.82, 2.24) is 0 Å². The van der Waals surface area contributed by atoms with Crippen LogP contribution in [0.1, 0.15) is 5.56 Å². The van der Waals surface area contributed by atoms with Crippen LogP contribution < -0.4 is 5.32 Å². The standard InChI is InChI=1S/C12H18FNO2/c1-10-7-11(13)9-12(8-10)14-3-4-16-6-5-15-2/h7-9,14H,3-6H2,1-2H3. The Morgan fingerprint density at radius 2 is 2.00 bits per heavy atom. The predicted octanol–water partition coefficient (Wildman–Crippen LogP) is 2.21. The number of hydrogen-bond acceptors (Lipinski definition) is 3. The van der Waals surface area contributed by atoms with E-state index in [2.05, 4.69) is 5.32 Å². The third kappa shape index (κ3) is 5.09. The van der Waals surface area contributed by atoms with E-state index in [1.165, 1.54) is 12.1 Å². The molecule has 1 aromatic rings. The van der Waals surface area contributed by atoms with E-state index in [0.29, 0.717) is 26.4 Å². The third-order valence-electron chi connectivity index (χ3n) is 2.05. The molecule has 0 aliphatic rings. The molecule has 3 nitrogen and oxygen atoms in total. The highest BCUT2D eigenvalue weighted by Gasteiger charge is 1.97. The van der Waals surface area contributed by atoms with E-state index in [1.807, 2.05) is 13.0 Å². The molecule has 0 amide bonds. The first kappa shape index (κ1) is 12.9. The van der Waals surface area contributed by atoms with Crippen molar-refractivity contribution in [3.05, 3.63) is 29.6 Å². The maximum absolute atomic E-state index is 13.0. The van der Waals surface area contributed by atoms with Crippen LogP contribution in [-0.4, -0.2) is 33.5 Å². The van der Waals surface area contributed by atoms with E-state index in [-0.39, 0.29) is 5.82 Å². The molecule has 0 saturated carbocycles. The molecule has 0 atom stereocenters. The smallest absolute Gasteiger partial charge is 0.125 e. The van der Waals surface area contributed by atoms with Crippen molar-refractivity contribution in [3.63, 3.8) is 0 Å². The van der Waals surface area contributed by atoms with Gasteiger partial charge in [0.1, 0.15) is 5.82 Å². The van der Waals surface area contributed by atoms with E-state index in [9.17, 15) is 4.39 Å². The fourth-order valence-electron chi connectivity index (χ4n) is 1.35. The van der Waals surface area contributed by atoms with Crippen molar-refractivity contribution in [2.24, 2.45) is 0 Å². The summed E-state index contributed by atoms with van der Waals surface area (Å²) in [6.07, 6.45) is 0. The summed E-state index contributed by atoms with van der Waals surface area (Å²) in [4.78, 5) is 0. The van der Waals surface area contributed by atoms with Gasteiger partial charge in [0.05, 0.1) is 19.8 Å². The second kappa shape index (κ2) is 7.19. The Hall–Kier alpha value is -1.13. The molecule has 90 valence electrons. The zero-order valence-electron chi connectivity index (χ0n) is 9.75. The Labute approximate surface area is 95.6 Å². The Morgan fingerprint density at radius 3 is 2.69 bits per heavy atom. The summed E-state index contributed by atoms with van der Waals surface area (Å²) in [7, 11) is 1.64. The van der Waals surface area contributed by atoms with Gasteiger partial charge in [-0.2, -0.15) is 0 Å². The molecule has 0 unspecified atom stereocenters. The molecular formula is C12H18FNO2. The lowest BCUT2D eigenvalue weighted by Gasteiger charge is -2.08. The van der Waals surface area contributed by atoms with E-state index in [4.69, 9.17) is 9.47 Å². The summed E-state index contributed by atoms with van der Waals surface area (Å²) in [6.45, 7) is 4.29. The summed E-state index contributed by atoms with van der Waals surface area (Å²) >= 11 is 0. The van der Waals surface area contributed by atoms with Crippen LogP contribution in [0.4, 0.5) is 10.1 Å². The predicted molar refractivity (Wildman–Crippen MR) is 62.3 cm³/mol. The molecule has 0 aliphatic heterocycles. The second-order valence-electron chi connectivity index (χ2n) is 3.55. The lowest BCUT2D eigenvalue weighted by atomic mass is 10.2. The number of aryl methyl sites for hydroxylation is 1. The quantitative estimate of drug-likeness (QED) is 0.724. The first-order chi connectivity index (χ1) is 7.72. The highest BCUT2D eigenvalue weighted by atomic mass is 19.1. The van der Waals surface area contributed by atoms with Crippen molar-refractivity contribution in [3.8, 4) is 0 Å². The maximum atomic E-state index is 13.0. The van der Waals surface area contributed by atoms with Crippen LogP contribution in [0.3, 0.4) is 0 Å². The number of hydrogen-bond donors (Lipinski definition) is 1. The van der Waals surface area contributed by atoms with Gasteiger partial charge in [-0.25, -0.2) is 4.39 Å². The summed E-state index contributed by atoms with van der Waals surface area (Å²) < 4.78 is 23.1. The molecule has 16 heavy (non-hydrogen) atoms. The molecule has 0 aliphatic carbocycles. The van der Waals surface area contributed by atoms with Crippen molar-refractivity contribution in [2.75, 3.05) is 38.8 Å². The molecule has 1 aromatic carbocycles. The van der Waals surface area contributed by atoms with E-state index in [1.54, 1.807) is 7.11 Å². The van der Waals surface area contributed by atoms with Crippen molar-refractivity contribution in [2.45, 2.75) is 6.92 Å². The second-order valence-corrected chi connectivity index (χ2v) is 3.55. The number of ether oxygens (including phenoxy) is 2. The molecule has 0 saturated heterocycles. The molecule has 4 heteroatoms. The fraction of sp³-hybridized carbons (Fsp3) is 0.500. The van der Waals surface area contributed by atoms with Crippen LogP contribution in [0.25, 0.3) is 0 Å². The summed E-state index contributed by atoms with van der Waals surface area (Å²) in [5.74, 6) is -0.220. The Balaban J connectivity index is 2.21. The van der Waals surface area contributed by atoms with Crippen LogP contribution in [0, 0.1) is 12.7 Å². The van der Waals surface area contributed by atoms with Crippen LogP contribution >= 0.6 is 0 Å². The van der Waals surface area contributed by atoms with Crippen molar-refractivity contribution < 1.29 is 13.9 Å². The zero-order valence-corrected chi connectivity index (χ0v) is 9.75. The highest BCUT2D eigenvalue weighted by Crippen LogP contribution is 2.12. The SMILES string of the molecule is COCCOCCNc1cc(C)cc(F)c1. The van der Waals surface area contributed by atoms with Gasteiger partial charge in [0.25, 0.3) is 0 Å². The van der Waals surface area contributed by atoms with Gasteiger partial charge in [-0.1, -0.05) is 0 Å². The van der Waals surface area contributed by atoms with E-state index in [0.717, 1.165) is 11.3 Å². The average molecular weight is 227 g/mol. The van der Waals surface area contributed by atoms with Gasteiger partial charge < -0.3 is 14.8 Å². The van der Waals surface area contributed by atoms with Gasteiger partial charge in [0, 0.05) is 19.3 Å². The minimum absolute atomic E-state index is 0.220. The summed E-state index contributed by atoms with van der Waals surface area (Å²) in [5.41, 5.74) is 1.69. The summed E-state index contributed by atoms with van der Waals surface area (Å²) in [6, 6.07) is 4.88. The fourth-order valence-corrected chi connectivity index (χ4v) is 1.35. The van der Waals surface area contributed by atoms with Crippen LogP contribution in [0.15, 0.2) is 18.2 Å². The molecule has 0 heterocycles. The Morgan fingerprint density at radius 1 is 1.19 bits per heavy atom. The largest absolute Gasteiger partial charge is 0.383 e. The van der Waals surface area contributed by atoms with Gasteiger partial charge in [0.15, 0.2) is 0 Å². The number of halogens is 1. The Kier molecular flexibility index (Phi) is 5.82. The van der Waals surface area contributed by atoms with Gasteiger partial charge in [0.2, 0.25) is 0 Å². The number of anilines is 1. The van der Waals surface area contributed by atoms with E-state index < -0.39 is 0 Å². The average Bonchev–Trinajstić information content (AvgIpc) is 2.22. The first-order valence-corrected chi connectivity index (χ1v) is 5.30. The van der Waals surface area contributed by atoms with Crippen molar-refractivity contribution in [1.29, 1.82) is 0 Å². The maximum Gasteiger partial charge on any atom is 0.125 e. The van der Waals surface area contributed by atoms with Crippen LogP contribution in [0.5, 0.6) is 0 Å². The normalized spacial score (nSPS) is 10.4. The van der Waals surface area contributed by atoms with Crippen molar-refractivity contribution >= 4 is 5.69 Å². The number of rotatable bonds is 7. The highest BCUT2D eigenvalue weighted by molar-refractivity contribution is 5.45. The van der Waals surface area contributed by atoms with Gasteiger partial charge in [-0.05, 0) is 30.7 Å². The lowest BCUT2D eigenvalue weighted by molar-refractivity contribution is 0.0759. The molecule has 0 bridgehead atoms. The monoisotopic (exact) mass is 227 g/mol. The summed E-state index contributed by atoms with van der Waals surface area (Å²) in [5, 5.41) is 3.10. The van der Waals surface area contributed by atoms with Crippen LogP contribution in [0.2, 0.25) is 0 Å². The molecule has 0 aromatic heterocycles. The topological polar surface area (TPSA) is 30.5 Å². The van der Waals surface area contributed by atoms with Gasteiger partial charge in [-0.3, -0.25) is 0 Å². The van der Waals surface area contributed by atoms with Gasteiger partial charge >= 0.3 is 0 Å². The number of benzene rings is 1. The van der Waals surface area contributed by atoms with Gasteiger partial charge in [-0.15, -0.1) is 0 Å². The molecule has 0 radical (unpaired) electrons. The lowest BCUT2D eigenvalue weighted by Crippen LogP contribution is -2.12. The van der Waals surface area contributed by atoms with Crippen LogP contribution in [-0.2, 0) is 9.47 Å².